The molecule has 1 aliphatic rings. The summed E-state index contributed by atoms with van der Waals surface area (Å²) in [5.41, 5.74) is 0. The molecular formula is C17H35N. The molecule has 1 saturated carbocycles. The van der Waals surface area contributed by atoms with Crippen molar-refractivity contribution in [3.63, 3.8) is 0 Å². The van der Waals surface area contributed by atoms with Gasteiger partial charge in [-0.3, -0.25) is 0 Å². The second kappa shape index (κ2) is 9.83. The van der Waals surface area contributed by atoms with Crippen LogP contribution in [0.4, 0.5) is 0 Å². The summed E-state index contributed by atoms with van der Waals surface area (Å²) in [5, 5.41) is 3.94. The van der Waals surface area contributed by atoms with Crippen molar-refractivity contribution in [1.82, 2.24) is 5.32 Å². The van der Waals surface area contributed by atoms with E-state index in [0.717, 1.165) is 18.0 Å². The van der Waals surface area contributed by atoms with Crippen molar-refractivity contribution in [2.24, 2.45) is 5.92 Å². The van der Waals surface area contributed by atoms with Gasteiger partial charge < -0.3 is 5.32 Å². The second-order valence-corrected chi connectivity index (χ2v) is 6.25. The van der Waals surface area contributed by atoms with Crippen molar-refractivity contribution in [2.45, 2.75) is 103 Å². The lowest BCUT2D eigenvalue weighted by atomic mass is 10.0. The SMILES string of the molecule is CCCCCC(CCCCC)NC1CC1CCC. The third-order valence-electron chi connectivity index (χ3n) is 4.34. The Morgan fingerprint density at radius 1 is 0.889 bits per heavy atom. The highest BCUT2D eigenvalue weighted by atomic mass is 15.0. The summed E-state index contributed by atoms with van der Waals surface area (Å²) in [5.74, 6) is 1.01. The Morgan fingerprint density at radius 2 is 1.50 bits per heavy atom. The summed E-state index contributed by atoms with van der Waals surface area (Å²) in [6.45, 7) is 6.92. The molecule has 0 aromatic heterocycles. The summed E-state index contributed by atoms with van der Waals surface area (Å²) < 4.78 is 0. The summed E-state index contributed by atoms with van der Waals surface area (Å²) in [4.78, 5) is 0. The van der Waals surface area contributed by atoms with Gasteiger partial charge in [0.1, 0.15) is 0 Å². The molecule has 1 fully saturated rings. The molecule has 1 nitrogen and oxygen atoms in total. The Bertz CT molecular complexity index is 180. The van der Waals surface area contributed by atoms with Crippen molar-refractivity contribution in [3.8, 4) is 0 Å². The van der Waals surface area contributed by atoms with Gasteiger partial charge in [0, 0.05) is 12.1 Å². The number of unbranched alkanes of at least 4 members (excludes halogenated alkanes) is 4. The zero-order valence-electron chi connectivity index (χ0n) is 13.0. The molecule has 0 saturated heterocycles. The molecular weight excluding hydrogens is 218 g/mol. The van der Waals surface area contributed by atoms with Crippen molar-refractivity contribution in [2.75, 3.05) is 0 Å². The Labute approximate surface area is 115 Å². The largest absolute Gasteiger partial charge is 0.311 e. The molecule has 0 amide bonds. The number of hydrogen-bond donors (Lipinski definition) is 1. The summed E-state index contributed by atoms with van der Waals surface area (Å²) in [7, 11) is 0. The van der Waals surface area contributed by atoms with Gasteiger partial charge in [-0.25, -0.2) is 0 Å². The molecule has 2 atom stereocenters. The first kappa shape index (κ1) is 16.0. The van der Waals surface area contributed by atoms with Crippen molar-refractivity contribution < 1.29 is 0 Å². The minimum absolute atomic E-state index is 0.815. The third kappa shape index (κ3) is 6.78. The fourth-order valence-electron chi connectivity index (χ4n) is 3.04. The zero-order chi connectivity index (χ0) is 13.2. The van der Waals surface area contributed by atoms with Gasteiger partial charge in [0.25, 0.3) is 0 Å². The summed E-state index contributed by atoms with van der Waals surface area (Å²) >= 11 is 0. The molecule has 0 heterocycles. The van der Waals surface area contributed by atoms with Crippen LogP contribution in [0, 0.1) is 5.92 Å². The molecule has 0 bridgehead atoms. The highest BCUT2D eigenvalue weighted by molar-refractivity contribution is 4.94. The average Bonchev–Trinajstić information content (AvgIpc) is 3.08. The Morgan fingerprint density at radius 3 is 2.00 bits per heavy atom. The Hall–Kier alpha value is -0.0400. The quantitative estimate of drug-likeness (QED) is 0.466. The van der Waals surface area contributed by atoms with Crippen LogP contribution >= 0.6 is 0 Å². The normalized spacial score (nSPS) is 22.7. The van der Waals surface area contributed by atoms with Crippen molar-refractivity contribution in [3.05, 3.63) is 0 Å². The lowest BCUT2D eigenvalue weighted by Crippen LogP contribution is -2.32. The van der Waals surface area contributed by atoms with Crippen molar-refractivity contribution >= 4 is 0 Å². The number of rotatable bonds is 12. The maximum Gasteiger partial charge on any atom is 0.0102 e. The molecule has 108 valence electrons. The van der Waals surface area contributed by atoms with Gasteiger partial charge in [0.05, 0.1) is 0 Å². The third-order valence-corrected chi connectivity index (χ3v) is 4.34. The molecule has 1 heteroatoms. The van der Waals surface area contributed by atoms with Crippen LogP contribution in [0.1, 0.15) is 91.4 Å². The lowest BCUT2D eigenvalue weighted by Gasteiger charge is -2.19. The van der Waals surface area contributed by atoms with E-state index >= 15 is 0 Å². The van der Waals surface area contributed by atoms with Crippen molar-refractivity contribution in [1.29, 1.82) is 0 Å². The molecule has 0 radical (unpaired) electrons. The van der Waals surface area contributed by atoms with E-state index in [2.05, 4.69) is 26.1 Å². The zero-order valence-corrected chi connectivity index (χ0v) is 13.0. The van der Waals surface area contributed by atoms with E-state index < -0.39 is 0 Å². The van der Waals surface area contributed by atoms with E-state index in [4.69, 9.17) is 0 Å². The first-order valence-corrected chi connectivity index (χ1v) is 8.57. The smallest absolute Gasteiger partial charge is 0.0102 e. The average molecular weight is 253 g/mol. The van der Waals surface area contributed by atoms with E-state index in [0.29, 0.717) is 0 Å². The monoisotopic (exact) mass is 253 g/mol. The number of hydrogen-bond acceptors (Lipinski definition) is 1. The highest BCUT2D eigenvalue weighted by Gasteiger charge is 2.36. The van der Waals surface area contributed by atoms with Crippen LogP contribution in [0.3, 0.4) is 0 Å². The predicted octanol–water partition coefficient (Wildman–Crippen LogP) is 5.29. The van der Waals surface area contributed by atoms with Gasteiger partial charge in [0.2, 0.25) is 0 Å². The standard InChI is InChI=1S/C17H35N/c1-4-7-9-12-16(13-10-8-5-2)18-17-14-15(17)11-6-3/h15-18H,4-14H2,1-3H3. The van der Waals surface area contributed by atoms with Crippen LogP contribution in [0.15, 0.2) is 0 Å². The van der Waals surface area contributed by atoms with Gasteiger partial charge in [-0.05, 0) is 31.6 Å². The molecule has 1 aliphatic carbocycles. The topological polar surface area (TPSA) is 12.0 Å². The van der Waals surface area contributed by atoms with E-state index in [-0.39, 0.29) is 0 Å². The van der Waals surface area contributed by atoms with E-state index in [1.54, 1.807) is 0 Å². The van der Waals surface area contributed by atoms with Crippen LogP contribution in [-0.2, 0) is 0 Å². The molecule has 0 aromatic rings. The first-order valence-electron chi connectivity index (χ1n) is 8.57. The second-order valence-electron chi connectivity index (χ2n) is 6.25. The van der Waals surface area contributed by atoms with Crippen LogP contribution < -0.4 is 5.32 Å². The fraction of sp³-hybridized carbons (Fsp3) is 1.00. The van der Waals surface area contributed by atoms with Crippen LogP contribution in [0.25, 0.3) is 0 Å². The summed E-state index contributed by atoms with van der Waals surface area (Å²) in [6.07, 6.45) is 15.4. The summed E-state index contributed by atoms with van der Waals surface area (Å²) in [6, 6.07) is 1.69. The fourth-order valence-corrected chi connectivity index (χ4v) is 3.04. The van der Waals surface area contributed by atoms with Gasteiger partial charge in [-0.2, -0.15) is 0 Å². The van der Waals surface area contributed by atoms with Gasteiger partial charge in [-0.1, -0.05) is 65.7 Å². The molecule has 18 heavy (non-hydrogen) atoms. The van der Waals surface area contributed by atoms with E-state index in [1.807, 2.05) is 0 Å². The highest BCUT2D eigenvalue weighted by Crippen LogP contribution is 2.35. The van der Waals surface area contributed by atoms with Gasteiger partial charge in [-0.15, -0.1) is 0 Å². The lowest BCUT2D eigenvalue weighted by molar-refractivity contribution is 0.406. The van der Waals surface area contributed by atoms with Gasteiger partial charge >= 0.3 is 0 Å². The predicted molar refractivity (Wildman–Crippen MR) is 82.0 cm³/mol. The maximum atomic E-state index is 3.94. The molecule has 0 spiro atoms. The van der Waals surface area contributed by atoms with E-state index in [9.17, 15) is 0 Å². The van der Waals surface area contributed by atoms with E-state index in [1.165, 1.54) is 70.6 Å². The molecule has 2 unspecified atom stereocenters. The van der Waals surface area contributed by atoms with Crippen LogP contribution in [-0.4, -0.2) is 12.1 Å². The van der Waals surface area contributed by atoms with Gasteiger partial charge in [0.15, 0.2) is 0 Å². The molecule has 0 aromatic carbocycles. The Kier molecular flexibility index (Phi) is 8.75. The first-order chi connectivity index (χ1) is 8.81. The van der Waals surface area contributed by atoms with Crippen LogP contribution in [0.5, 0.6) is 0 Å². The minimum Gasteiger partial charge on any atom is -0.311 e. The molecule has 0 aliphatic heterocycles. The molecule has 1 rings (SSSR count). The number of nitrogens with one attached hydrogen (secondary N) is 1. The van der Waals surface area contributed by atoms with Crippen LogP contribution in [0.2, 0.25) is 0 Å². The maximum absolute atomic E-state index is 3.94. The Balaban J connectivity index is 2.17. The minimum atomic E-state index is 0.815. The molecule has 1 N–H and O–H groups in total.